The van der Waals surface area contributed by atoms with Crippen LogP contribution in [-0.4, -0.2) is 33.9 Å². The van der Waals surface area contributed by atoms with Gasteiger partial charge in [0.05, 0.1) is 17.8 Å². The van der Waals surface area contributed by atoms with Crippen LogP contribution in [0, 0.1) is 6.92 Å². The van der Waals surface area contributed by atoms with Gasteiger partial charge in [-0.1, -0.05) is 30.3 Å². The predicted molar refractivity (Wildman–Crippen MR) is 94.9 cm³/mol. The molecule has 0 unspecified atom stereocenters. The van der Waals surface area contributed by atoms with Gasteiger partial charge in [-0.3, -0.25) is 4.79 Å². The number of aromatic nitrogens is 2. The summed E-state index contributed by atoms with van der Waals surface area (Å²) in [6, 6.07) is 10.2. The molecule has 3 heterocycles. The molecule has 2 aromatic heterocycles. The molecule has 0 bridgehead atoms. The summed E-state index contributed by atoms with van der Waals surface area (Å²) in [5, 5.41) is 0. The molecule has 26 heavy (non-hydrogen) atoms. The molecule has 1 aliphatic heterocycles. The van der Waals surface area contributed by atoms with Crippen molar-refractivity contribution in [1.29, 1.82) is 0 Å². The molecule has 1 aliphatic rings. The van der Waals surface area contributed by atoms with Crippen LogP contribution in [0.25, 0.3) is 0 Å². The zero-order valence-corrected chi connectivity index (χ0v) is 14.7. The first kappa shape index (κ1) is 16.6. The topological polar surface area (TPSA) is 72.4 Å². The van der Waals surface area contributed by atoms with Crippen LogP contribution < -0.4 is 0 Å². The van der Waals surface area contributed by atoms with Crippen LogP contribution in [0.1, 0.15) is 52.2 Å². The molecule has 1 aromatic carbocycles. The molecule has 0 aliphatic carbocycles. The molecule has 6 nitrogen and oxygen atoms in total. The van der Waals surface area contributed by atoms with Crippen molar-refractivity contribution in [2.24, 2.45) is 0 Å². The lowest BCUT2D eigenvalue weighted by Gasteiger charge is -2.30. The zero-order valence-electron chi connectivity index (χ0n) is 14.7. The quantitative estimate of drug-likeness (QED) is 0.718. The molecule has 4 rings (SSSR count). The largest absolute Gasteiger partial charge is 0.445 e. The van der Waals surface area contributed by atoms with Crippen molar-refractivity contribution in [3.05, 3.63) is 71.6 Å². The van der Waals surface area contributed by atoms with Crippen molar-refractivity contribution in [3.8, 4) is 0 Å². The highest BCUT2D eigenvalue weighted by Gasteiger charge is 2.30. The normalized spacial score (nSPS) is 17.4. The lowest BCUT2D eigenvalue weighted by atomic mass is 9.97. The van der Waals surface area contributed by atoms with E-state index in [-0.39, 0.29) is 11.8 Å². The number of amides is 1. The third kappa shape index (κ3) is 3.40. The van der Waals surface area contributed by atoms with E-state index in [1.54, 1.807) is 13.1 Å². The zero-order chi connectivity index (χ0) is 17.9. The number of likely N-dealkylation sites (tertiary alicyclic amines) is 1. The van der Waals surface area contributed by atoms with Gasteiger partial charge in [-0.15, -0.1) is 0 Å². The monoisotopic (exact) mass is 351 g/mol. The maximum absolute atomic E-state index is 12.6. The first-order valence-corrected chi connectivity index (χ1v) is 8.88. The molecule has 1 atom stereocenters. The number of rotatable bonds is 4. The molecular formula is C20H21N3O3. The van der Waals surface area contributed by atoms with Crippen molar-refractivity contribution in [3.63, 3.8) is 0 Å². The Balaban J connectivity index is 1.45. The first-order valence-electron chi connectivity index (χ1n) is 8.88. The van der Waals surface area contributed by atoms with Crippen molar-refractivity contribution >= 4 is 5.91 Å². The van der Waals surface area contributed by atoms with Crippen LogP contribution in [-0.2, 0) is 6.42 Å². The number of benzene rings is 1. The summed E-state index contributed by atoms with van der Waals surface area (Å²) in [4.78, 5) is 22.9. The van der Waals surface area contributed by atoms with E-state index in [0.717, 1.165) is 25.0 Å². The minimum Gasteiger partial charge on any atom is -0.445 e. The van der Waals surface area contributed by atoms with Gasteiger partial charge >= 0.3 is 0 Å². The Hall–Kier alpha value is -2.89. The van der Waals surface area contributed by atoms with Crippen LogP contribution in [0.5, 0.6) is 0 Å². The molecule has 1 fully saturated rings. The molecular weight excluding hydrogens is 330 g/mol. The smallest absolute Gasteiger partial charge is 0.291 e. The van der Waals surface area contributed by atoms with E-state index in [0.29, 0.717) is 30.4 Å². The average Bonchev–Trinajstić information content (AvgIpc) is 3.31. The highest BCUT2D eigenvalue weighted by atomic mass is 16.4. The SMILES string of the molecule is Cc1ncoc1C(=O)N1CCC[C@@H](c2ncc(Cc3ccccc3)o2)C1. The van der Waals surface area contributed by atoms with E-state index in [1.807, 2.05) is 23.1 Å². The third-order valence-electron chi connectivity index (χ3n) is 4.79. The second kappa shape index (κ2) is 7.15. The van der Waals surface area contributed by atoms with Crippen molar-refractivity contribution in [1.82, 2.24) is 14.9 Å². The maximum atomic E-state index is 12.6. The Kier molecular flexibility index (Phi) is 4.56. The summed E-state index contributed by atoms with van der Waals surface area (Å²) >= 11 is 0. The summed E-state index contributed by atoms with van der Waals surface area (Å²) in [5.41, 5.74) is 1.81. The van der Waals surface area contributed by atoms with Crippen LogP contribution in [0.15, 0.2) is 51.8 Å². The Morgan fingerprint density at radius 2 is 2.12 bits per heavy atom. The Morgan fingerprint density at radius 1 is 1.27 bits per heavy atom. The Labute approximate surface area is 151 Å². The predicted octanol–water partition coefficient (Wildman–Crippen LogP) is 3.58. The third-order valence-corrected chi connectivity index (χ3v) is 4.79. The number of carbonyl (C=O) groups excluding carboxylic acids is 1. The van der Waals surface area contributed by atoms with Crippen LogP contribution >= 0.6 is 0 Å². The number of oxazole rings is 2. The summed E-state index contributed by atoms with van der Waals surface area (Å²) in [6.45, 7) is 3.08. The maximum Gasteiger partial charge on any atom is 0.291 e. The van der Waals surface area contributed by atoms with Gasteiger partial charge in [-0.2, -0.15) is 0 Å². The molecule has 0 saturated carbocycles. The summed E-state index contributed by atoms with van der Waals surface area (Å²) in [6.07, 6.45) is 5.71. The molecule has 0 spiro atoms. The number of piperidine rings is 1. The van der Waals surface area contributed by atoms with Gasteiger partial charge in [0, 0.05) is 19.5 Å². The van der Waals surface area contributed by atoms with Crippen molar-refractivity contribution in [2.75, 3.05) is 13.1 Å². The molecule has 0 N–H and O–H groups in total. The van der Waals surface area contributed by atoms with Gasteiger partial charge in [0.1, 0.15) is 5.76 Å². The van der Waals surface area contributed by atoms with Crippen LogP contribution in [0.3, 0.4) is 0 Å². The minimum absolute atomic E-state index is 0.110. The second-order valence-electron chi connectivity index (χ2n) is 6.68. The fraction of sp³-hybridized carbons (Fsp3) is 0.350. The fourth-order valence-electron chi connectivity index (χ4n) is 3.40. The highest BCUT2D eigenvalue weighted by Crippen LogP contribution is 2.28. The number of carbonyl (C=O) groups is 1. The lowest BCUT2D eigenvalue weighted by molar-refractivity contribution is 0.0664. The van der Waals surface area contributed by atoms with E-state index in [2.05, 4.69) is 22.1 Å². The summed E-state index contributed by atoms with van der Waals surface area (Å²) < 4.78 is 11.2. The Morgan fingerprint density at radius 3 is 2.88 bits per heavy atom. The number of nitrogens with zero attached hydrogens (tertiary/aromatic N) is 3. The first-order chi connectivity index (χ1) is 12.7. The second-order valence-corrected chi connectivity index (χ2v) is 6.68. The standard InChI is InChI=1S/C20H21N3O3/c1-14-18(25-13-22-14)20(24)23-9-5-8-16(12-23)19-21-11-17(26-19)10-15-6-3-2-4-7-15/h2-4,6-7,11,13,16H,5,8-10,12H2,1H3/t16-/m1/s1. The fourth-order valence-corrected chi connectivity index (χ4v) is 3.40. The van der Waals surface area contributed by atoms with Crippen LogP contribution in [0.2, 0.25) is 0 Å². The average molecular weight is 351 g/mol. The minimum atomic E-state index is -0.110. The highest BCUT2D eigenvalue weighted by molar-refractivity contribution is 5.92. The Bertz CT molecular complexity index is 885. The lowest BCUT2D eigenvalue weighted by Crippen LogP contribution is -2.39. The number of aryl methyl sites for hydroxylation is 1. The van der Waals surface area contributed by atoms with Gasteiger partial charge in [0.2, 0.25) is 5.76 Å². The number of hydrogen-bond acceptors (Lipinski definition) is 5. The van der Waals surface area contributed by atoms with Crippen LogP contribution in [0.4, 0.5) is 0 Å². The molecule has 134 valence electrons. The van der Waals surface area contributed by atoms with Gasteiger partial charge in [-0.05, 0) is 25.3 Å². The van der Waals surface area contributed by atoms with E-state index in [4.69, 9.17) is 8.83 Å². The van der Waals surface area contributed by atoms with E-state index < -0.39 is 0 Å². The van der Waals surface area contributed by atoms with Crippen molar-refractivity contribution < 1.29 is 13.6 Å². The molecule has 6 heteroatoms. The number of hydrogen-bond donors (Lipinski definition) is 0. The summed E-state index contributed by atoms with van der Waals surface area (Å²) in [5.74, 6) is 1.88. The van der Waals surface area contributed by atoms with Crippen molar-refractivity contribution in [2.45, 2.75) is 32.1 Å². The van der Waals surface area contributed by atoms with E-state index in [9.17, 15) is 4.79 Å². The van der Waals surface area contributed by atoms with E-state index >= 15 is 0 Å². The molecule has 1 amide bonds. The van der Waals surface area contributed by atoms with Gasteiger partial charge in [-0.25, -0.2) is 9.97 Å². The van der Waals surface area contributed by atoms with E-state index in [1.165, 1.54) is 12.0 Å². The van der Waals surface area contributed by atoms with Gasteiger partial charge < -0.3 is 13.7 Å². The molecule has 3 aromatic rings. The molecule has 1 saturated heterocycles. The van der Waals surface area contributed by atoms with Gasteiger partial charge in [0.15, 0.2) is 12.3 Å². The van der Waals surface area contributed by atoms with Gasteiger partial charge in [0.25, 0.3) is 5.91 Å². The summed E-state index contributed by atoms with van der Waals surface area (Å²) in [7, 11) is 0. The molecule has 0 radical (unpaired) electrons.